The summed E-state index contributed by atoms with van der Waals surface area (Å²) in [4.78, 5) is 12.0. The largest absolute Gasteiger partial charge is 0.497 e. The highest BCUT2D eigenvalue weighted by Crippen LogP contribution is 2.20. The Morgan fingerprint density at radius 2 is 2.04 bits per heavy atom. The molecule has 2 N–H and O–H groups in total. The first-order valence-corrected chi connectivity index (χ1v) is 7.92. The lowest BCUT2D eigenvalue weighted by molar-refractivity contribution is -0.173. The van der Waals surface area contributed by atoms with E-state index in [1.54, 1.807) is 31.4 Å². The third-order valence-corrected chi connectivity index (χ3v) is 3.55. The summed E-state index contributed by atoms with van der Waals surface area (Å²) in [7, 11) is 1.55. The third kappa shape index (κ3) is 5.85. The minimum absolute atomic E-state index is 0.0437. The van der Waals surface area contributed by atoms with E-state index in [1.165, 1.54) is 4.57 Å². The Morgan fingerprint density at radius 1 is 1.35 bits per heavy atom. The number of nitrogens with one attached hydrogen (secondary N) is 2. The highest BCUT2D eigenvalue weighted by Gasteiger charge is 2.27. The maximum atomic E-state index is 12.0. The van der Waals surface area contributed by atoms with E-state index in [9.17, 15) is 18.0 Å². The Hall–Kier alpha value is -2.40. The van der Waals surface area contributed by atoms with Crippen molar-refractivity contribution in [2.45, 2.75) is 12.7 Å². The van der Waals surface area contributed by atoms with E-state index in [2.05, 4.69) is 20.3 Å². The van der Waals surface area contributed by atoms with Gasteiger partial charge in [0.05, 0.1) is 13.7 Å². The molecule has 1 heterocycles. The number of methoxy groups -OCH3 is 1. The second-order valence-corrected chi connectivity index (χ2v) is 5.57. The van der Waals surface area contributed by atoms with Gasteiger partial charge in [0.2, 0.25) is 5.91 Å². The van der Waals surface area contributed by atoms with Gasteiger partial charge in [0, 0.05) is 12.1 Å². The van der Waals surface area contributed by atoms with Crippen molar-refractivity contribution in [3.63, 3.8) is 0 Å². The molecule has 7 nitrogen and oxygen atoms in total. The summed E-state index contributed by atoms with van der Waals surface area (Å²) >= 11 is 5.13. The molecule has 0 unspecified atom stereocenters. The van der Waals surface area contributed by atoms with Crippen LogP contribution >= 0.6 is 12.2 Å². The number of H-pyrrole nitrogens is 1. The number of alkyl halides is 3. The summed E-state index contributed by atoms with van der Waals surface area (Å²) in [5, 5.41) is 9.20. The molecule has 0 aliphatic heterocycles. The number of carbonyl (C=O) groups is 1. The summed E-state index contributed by atoms with van der Waals surface area (Å²) in [6, 6.07) is 7.03. The van der Waals surface area contributed by atoms with E-state index >= 15 is 0 Å². The molecule has 0 radical (unpaired) electrons. The van der Waals surface area contributed by atoms with E-state index in [4.69, 9.17) is 17.0 Å². The number of halogens is 3. The zero-order chi connectivity index (χ0) is 19.2. The van der Waals surface area contributed by atoms with Gasteiger partial charge < -0.3 is 14.8 Å². The van der Waals surface area contributed by atoms with Crippen molar-refractivity contribution in [2.24, 2.45) is 0 Å². The van der Waals surface area contributed by atoms with Crippen molar-refractivity contribution in [1.29, 1.82) is 0 Å². The fraction of sp³-hybridized carbons (Fsp3) is 0.400. The predicted octanol–water partition coefficient (Wildman–Crippen LogP) is 2.31. The SMILES string of the molecule is COc1ccc(-c2n[nH]c(=S)n2CC(=O)NCCOCC(F)(F)F)cc1. The summed E-state index contributed by atoms with van der Waals surface area (Å²) in [6.07, 6.45) is -4.39. The first-order valence-electron chi connectivity index (χ1n) is 7.51. The number of nitrogens with zero attached hydrogens (tertiary/aromatic N) is 2. The van der Waals surface area contributed by atoms with Crippen molar-refractivity contribution in [2.75, 3.05) is 26.9 Å². The molecule has 1 aromatic heterocycles. The van der Waals surface area contributed by atoms with Crippen LogP contribution in [0.3, 0.4) is 0 Å². The molecule has 1 amide bonds. The Morgan fingerprint density at radius 3 is 2.65 bits per heavy atom. The average molecular weight is 390 g/mol. The second kappa shape index (κ2) is 8.81. The number of aromatic nitrogens is 3. The molecule has 2 aromatic rings. The fourth-order valence-electron chi connectivity index (χ4n) is 2.07. The topological polar surface area (TPSA) is 81.2 Å². The monoisotopic (exact) mass is 390 g/mol. The zero-order valence-corrected chi connectivity index (χ0v) is 14.6. The molecule has 0 aliphatic carbocycles. The minimum atomic E-state index is -4.39. The minimum Gasteiger partial charge on any atom is -0.497 e. The van der Waals surface area contributed by atoms with Gasteiger partial charge in [0.1, 0.15) is 18.9 Å². The fourth-order valence-corrected chi connectivity index (χ4v) is 2.27. The lowest BCUT2D eigenvalue weighted by Gasteiger charge is -2.10. The van der Waals surface area contributed by atoms with Crippen LogP contribution in [0.2, 0.25) is 0 Å². The number of aromatic amines is 1. The first kappa shape index (κ1) is 19.9. The molecule has 0 atom stereocenters. The normalized spacial score (nSPS) is 11.4. The van der Waals surface area contributed by atoms with E-state index in [1.807, 2.05) is 0 Å². The Bertz CT molecular complexity index is 787. The van der Waals surface area contributed by atoms with Crippen molar-refractivity contribution < 1.29 is 27.4 Å². The van der Waals surface area contributed by atoms with E-state index in [0.29, 0.717) is 11.6 Å². The average Bonchev–Trinajstić information content (AvgIpc) is 2.94. The highest BCUT2D eigenvalue weighted by atomic mass is 32.1. The number of ether oxygens (including phenoxy) is 2. The quantitative estimate of drug-likeness (QED) is 0.534. The molecule has 2 rings (SSSR count). The summed E-state index contributed by atoms with van der Waals surface area (Å²) < 4.78 is 47.1. The van der Waals surface area contributed by atoms with Crippen molar-refractivity contribution in [1.82, 2.24) is 20.1 Å². The van der Waals surface area contributed by atoms with Crippen LogP contribution in [0, 0.1) is 4.77 Å². The number of hydrogen-bond acceptors (Lipinski definition) is 5. The van der Waals surface area contributed by atoms with Crippen LogP contribution in [0.5, 0.6) is 5.75 Å². The standard InChI is InChI=1S/C15H17F3N4O3S/c1-24-11-4-2-10(3-5-11)13-20-21-14(26)22(13)8-12(23)19-6-7-25-9-15(16,17)18/h2-5H,6-9H2,1H3,(H,19,23)(H,21,26). The number of rotatable bonds is 8. The van der Waals surface area contributed by atoms with Gasteiger partial charge in [-0.05, 0) is 36.5 Å². The van der Waals surface area contributed by atoms with Crippen LogP contribution in [-0.4, -0.2) is 53.7 Å². The van der Waals surface area contributed by atoms with Crippen LogP contribution in [-0.2, 0) is 16.1 Å². The summed E-state index contributed by atoms with van der Waals surface area (Å²) in [6.45, 7) is -1.77. The van der Waals surface area contributed by atoms with Gasteiger partial charge in [-0.3, -0.25) is 14.5 Å². The molecule has 142 valence electrons. The number of benzene rings is 1. The second-order valence-electron chi connectivity index (χ2n) is 5.18. The van der Waals surface area contributed by atoms with Crippen LogP contribution < -0.4 is 10.1 Å². The van der Waals surface area contributed by atoms with Gasteiger partial charge in [0.25, 0.3) is 0 Å². The molecule has 26 heavy (non-hydrogen) atoms. The van der Waals surface area contributed by atoms with Crippen LogP contribution in [0.25, 0.3) is 11.4 Å². The van der Waals surface area contributed by atoms with Gasteiger partial charge in [-0.25, -0.2) is 0 Å². The van der Waals surface area contributed by atoms with Gasteiger partial charge in [-0.2, -0.15) is 18.3 Å². The number of hydrogen-bond donors (Lipinski definition) is 2. The van der Waals surface area contributed by atoms with E-state index < -0.39 is 18.7 Å². The molecular formula is C15H17F3N4O3S. The van der Waals surface area contributed by atoms with Gasteiger partial charge in [-0.1, -0.05) is 0 Å². The van der Waals surface area contributed by atoms with Crippen molar-refractivity contribution in [3.05, 3.63) is 29.0 Å². The molecule has 11 heteroatoms. The maximum absolute atomic E-state index is 12.0. The lowest BCUT2D eigenvalue weighted by Crippen LogP contribution is -2.31. The highest BCUT2D eigenvalue weighted by molar-refractivity contribution is 7.71. The van der Waals surface area contributed by atoms with Crippen molar-refractivity contribution >= 4 is 18.1 Å². The zero-order valence-electron chi connectivity index (χ0n) is 13.8. The van der Waals surface area contributed by atoms with Crippen LogP contribution in [0.15, 0.2) is 24.3 Å². The Labute approximate surface area is 152 Å². The molecule has 0 bridgehead atoms. The van der Waals surface area contributed by atoms with Gasteiger partial charge in [-0.15, -0.1) is 0 Å². The predicted molar refractivity (Wildman–Crippen MR) is 89.3 cm³/mol. The summed E-state index contributed by atoms with van der Waals surface area (Å²) in [5.74, 6) is 0.708. The third-order valence-electron chi connectivity index (χ3n) is 3.24. The van der Waals surface area contributed by atoms with Crippen LogP contribution in [0.4, 0.5) is 13.2 Å². The summed E-state index contributed by atoms with van der Waals surface area (Å²) in [5.41, 5.74) is 0.722. The smallest absolute Gasteiger partial charge is 0.411 e. The molecule has 0 saturated heterocycles. The molecule has 0 aliphatic rings. The maximum Gasteiger partial charge on any atom is 0.411 e. The molecule has 0 spiro atoms. The molecule has 0 saturated carbocycles. The number of carbonyl (C=O) groups excluding carboxylic acids is 1. The Balaban J connectivity index is 1.93. The number of amides is 1. The lowest BCUT2D eigenvalue weighted by atomic mass is 10.2. The van der Waals surface area contributed by atoms with Crippen LogP contribution in [0.1, 0.15) is 0 Å². The van der Waals surface area contributed by atoms with Gasteiger partial charge in [0.15, 0.2) is 10.6 Å². The van der Waals surface area contributed by atoms with E-state index in [0.717, 1.165) is 5.56 Å². The molecule has 0 fully saturated rings. The molecular weight excluding hydrogens is 373 g/mol. The van der Waals surface area contributed by atoms with E-state index in [-0.39, 0.29) is 24.5 Å². The molecule has 1 aromatic carbocycles. The van der Waals surface area contributed by atoms with Crippen molar-refractivity contribution in [3.8, 4) is 17.1 Å². The first-order chi connectivity index (χ1) is 12.3. The Kier molecular flexibility index (Phi) is 6.75. The van der Waals surface area contributed by atoms with Gasteiger partial charge >= 0.3 is 6.18 Å².